The second-order valence-corrected chi connectivity index (χ2v) is 7.90. The number of urea groups is 1. The second kappa shape index (κ2) is 7.48. The monoisotopic (exact) mass is 402 g/mol. The summed E-state index contributed by atoms with van der Waals surface area (Å²) >= 11 is 0. The van der Waals surface area contributed by atoms with E-state index in [1.54, 1.807) is 26.2 Å². The summed E-state index contributed by atoms with van der Waals surface area (Å²) in [6, 6.07) is -1.59. The molecule has 2 heterocycles. The fourth-order valence-electron chi connectivity index (χ4n) is 3.44. The van der Waals surface area contributed by atoms with Gasteiger partial charge in [-0.15, -0.1) is 4.28 Å². The number of nitrogens with one attached hydrogen (secondary N) is 2. The molecule has 0 aromatic heterocycles. The number of hydrazine groups is 1. The smallest absolute Gasteiger partial charge is 0.529 e. The van der Waals surface area contributed by atoms with Crippen molar-refractivity contribution in [3.63, 3.8) is 0 Å². The molecule has 0 spiro atoms. The third kappa shape index (κ3) is 4.07. The van der Waals surface area contributed by atoms with Gasteiger partial charge in [0.25, 0.3) is 5.91 Å². The van der Waals surface area contributed by atoms with E-state index in [-0.39, 0.29) is 48.9 Å². The predicted molar refractivity (Wildman–Crippen MR) is 78.5 cm³/mol. The zero-order valence-electron chi connectivity index (χ0n) is 14.8. The Balaban J connectivity index is 0.00000338. The molecule has 0 aromatic rings. The third-order valence-electron chi connectivity index (χ3n) is 4.51. The van der Waals surface area contributed by atoms with Crippen molar-refractivity contribution in [2.24, 2.45) is 5.41 Å². The molecule has 2 rings (SSSR count). The number of rotatable bonds is 3. The Morgan fingerprint density at radius 3 is 2.38 bits per heavy atom. The molecule has 142 valence electrons. The van der Waals surface area contributed by atoms with Gasteiger partial charge in [0, 0.05) is 6.54 Å². The van der Waals surface area contributed by atoms with Crippen LogP contribution in [0.25, 0.3) is 0 Å². The first-order chi connectivity index (χ1) is 11.3. The maximum Gasteiger partial charge on any atom is 1.00 e. The van der Waals surface area contributed by atoms with Crippen LogP contribution >= 0.6 is 0 Å². The van der Waals surface area contributed by atoms with E-state index in [4.69, 9.17) is 4.55 Å². The Bertz CT molecular complexity index is 709. The molecule has 2 saturated heterocycles. The first kappa shape index (κ1) is 22.9. The standard InChI is InChI=1S/C12H20N4O8S.Na/c1-11(2,3)12(8(17)13-14-9(18)19)5-4-7-6-15(12)10(20)16(7)24-25(21,22)23;/h7,14H,4-6H2,1-3H3,(H,13,17)(H,18,19)(H,21,22,23);/q;+1/p-1. The van der Waals surface area contributed by atoms with E-state index in [0.29, 0.717) is 5.06 Å². The van der Waals surface area contributed by atoms with Crippen LogP contribution in [-0.4, -0.2) is 59.1 Å². The number of hydroxylamine groups is 2. The molecule has 0 saturated carbocycles. The average molecular weight is 402 g/mol. The summed E-state index contributed by atoms with van der Waals surface area (Å²) in [4.78, 5) is 37.0. The minimum absolute atomic E-state index is 0. The summed E-state index contributed by atoms with van der Waals surface area (Å²) < 4.78 is 35.1. The molecule has 3 N–H and O–H groups in total. The van der Waals surface area contributed by atoms with Gasteiger partial charge in [0.15, 0.2) is 6.09 Å². The number of nitrogens with zero attached hydrogens (tertiary/aromatic N) is 2. The van der Waals surface area contributed by atoms with E-state index in [2.05, 4.69) is 4.28 Å². The number of carbonyl (C=O) groups excluding carboxylic acids is 3. The minimum Gasteiger partial charge on any atom is -0.529 e. The van der Waals surface area contributed by atoms with Gasteiger partial charge in [0.2, 0.25) is 0 Å². The molecule has 26 heavy (non-hydrogen) atoms. The summed E-state index contributed by atoms with van der Waals surface area (Å²) in [6.07, 6.45) is -1.40. The summed E-state index contributed by atoms with van der Waals surface area (Å²) in [6.45, 7) is 5.03. The van der Waals surface area contributed by atoms with Gasteiger partial charge in [-0.1, -0.05) is 20.8 Å². The van der Waals surface area contributed by atoms with E-state index in [0.717, 1.165) is 4.90 Å². The molecule has 2 unspecified atom stereocenters. The van der Waals surface area contributed by atoms with Crippen LogP contribution in [0.3, 0.4) is 0 Å². The van der Waals surface area contributed by atoms with Crippen LogP contribution in [0.5, 0.6) is 0 Å². The number of carboxylic acid groups (broad SMARTS) is 1. The fourth-order valence-corrected chi connectivity index (χ4v) is 3.83. The number of amides is 4. The molecule has 0 aromatic carbocycles. The van der Waals surface area contributed by atoms with E-state index in [1.165, 1.54) is 0 Å². The topological polar surface area (TPSA) is 168 Å². The quantitative estimate of drug-likeness (QED) is 0.241. The van der Waals surface area contributed by atoms with Crippen molar-refractivity contribution >= 4 is 28.4 Å². The van der Waals surface area contributed by atoms with E-state index in [1.807, 2.05) is 5.43 Å². The van der Waals surface area contributed by atoms with Crippen LogP contribution in [0.2, 0.25) is 0 Å². The van der Waals surface area contributed by atoms with Gasteiger partial charge in [0.05, 0.1) is 6.04 Å². The Morgan fingerprint density at radius 2 is 1.92 bits per heavy atom. The molecule has 0 aliphatic carbocycles. The van der Waals surface area contributed by atoms with Gasteiger partial charge in [-0.2, -0.15) is 13.5 Å². The Labute approximate surface area is 172 Å². The molecular weight excluding hydrogens is 383 g/mol. The van der Waals surface area contributed by atoms with Crippen molar-refractivity contribution in [3.05, 3.63) is 0 Å². The first-order valence-electron chi connectivity index (χ1n) is 7.35. The summed E-state index contributed by atoms with van der Waals surface area (Å²) in [5.41, 5.74) is 1.34. The molecule has 2 fully saturated rings. The molecule has 4 amide bonds. The SMILES string of the molecule is CC(C)(C)C1(C(=O)NNC(=O)[O-])CCC2CN1C(=O)N2OS(=O)(=O)O.[Na+]. The minimum atomic E-state index is -4.91. The Hall–Kier alpha value is -1.12. The van der Waals surface area contributed by atoms with Gasteiger partial charge in [-0.05, 0) is 18.3 Å². The van der Waals surface area contributed by atoms with Crippen LogP contribution < -0.4 is 45.5 Å². The van der Waals surface area contributed by atoms with Crippen LogP contribution in [0.4, 0.5) is 9.59 Å². The van der Waals surface area contributed by atoms with Gasteiger partial charge < -0.3 is 14.8 Å². The zero-order valence-corrected chi connectivity index (χ0v) is 17.6. The van der Waals surface area contributed by atoms with Crippen molar-refractivity contribution in [1.29, 1.82) is 0 Å². The second-order valence-electron chi connectivity index (χ2n) is 6.89. The summed E-state index contributed by atoms with van der Waals surface area (Å²) in [5, 5.41) is 11.0. The maximum atomic E-state index is 12.7. The first-order valence-corrected chi connectivity index (χ1v) is 8.71. The van der Waals surface area contributed by atoms with Crippen molar-refractivity contribution < 1.29 is 66.3 Å². The molecular formula is C12H19N4NaO8S. The molecule has 14 heteroatoms. The van der Waals surface area contributed by atoms with E-state index in [9.17, 15) is 27.9 Å². The molecule has 0 radical (unpaired) electrons. The number of fused-ring (bicyclic) bond motifs is 2. The number of hydrogen-bond donors (Lipinski definition) is 3. The van der Waals surface area contributed by atoms with Gasteiger partial charge in [-0.25, -0.2) is 4.79 Å². The molecule has 2 atom stereocenters. The summed E-state index contributed by atoms with van der Waals surface area (Å²) in [7, 11) is -4.91. The summed E-state index contributed by atoms with van der Waals surface area (Å²) in [5.74, 6) is -0.787. The van der Waals surface area contributed by atoms with Crippen molar-refractivity contribution in [2.75, 3.05) is 6.54 Å². The van der Waals surface area contributed by atoms with Gasteiger partial charge in [-0.3, -0.25) is 20.2 Å². The predicted octanol–water partition coefficient (Wildman–Crippen LogP) is -4.63. The van der Waals surface area contributed by atoms with Crippen molar-refractivity contribution in [3.8, 4) is 0 Å². The van der Waals surface area contributed by atoms with Gasteiger partial charge in [0.1, 0.15) is 5.54 Å². The molecule has 12 nitrogen and oxygen atoms in total. The molecule has 2 bridgehead atoms. The third-order valence-corrected chi connectivity index (χ3v) is 4.86. The molecule has 2 aliphatic rings. The van der Waals surface area contributed by atoms with E-state index >= 15 is 0 Å². The van der Waals surface area contributed by atoms with Crippen LogP contribution in [-0.2, 0) is 19.5 Å². The fraction of sp³-hybridized carbons (Fsp3) is 0.750. The Kier molecular flexibility index (Phi) is 6.59. The van der Waals surface area contributed by atoms with Crippen LogP contribution in [0.15, 0.2) is 0 Å². The number of hydrogen-bond acceptors (Lipinski definition) is 7. The van der Waals surface area contributed by atoms with E-state index < -0.39 is 45.4 Å². The average Bonchev–Trinajstić information content (AvgIpc) is 2.68. The van der Waals surface area contributed by atoms with Gasteiger partial charge >= 0.3 is 46.0 Å². The normalized spacial score (nSPS) is 25.5. The maximum absolute atomic E-state index is 12.7. The number of piperidine rings is 1. The largest absolute Gasteiger partial charge is 1.00 e. The van der Waals surface area contributed by atoms with Crippen molar-refractivity contribution in [2.45, 2.75) is 45.2 Å². The zero-order chi connectivity index (χ0) is 19.2. The van der Waals surface area contributed by atoms with Crippen LogP contribution in [0, 0.1) is 5.41 Å². The van der Waals surface area contributed by atoms with Crippen LogP contribution in [0.1, 0.15) is 33.6 Å². The van der Waals surface area contributed by atoms with Crippen molar-refractivity contribution in [1.82, 2.24) is 20.8 Å². The number of carbonyl (C=O) groups is 3. The molecule has 2 aliphatic heterocycles. The Morgan fingerprint density at radius 1 is 1.35 bits per heavy atom.